The van der Waals surface area contributed by atoms with Crippen LogP contribution in [0.3, 0.4) is 0 Å². The molecule has 14 heteroatoms. The highest BCUT2D eigenvalue weighted by Crippen LogP contribution is 2.22. The van der Waals surface area contributed by atoms with Gasteiger partial charge in [-0.05, 0) is 30.0 Å². The standard InChI is InChI=1S/C17H15Cl2N7O5/c1-9-6-14(26(29)30)23-25(9)8-13-22-17(31-24-13)16(28)21-5-4-20-15(27)10-2-3-11(18)12(19)7-10/h2-3,6-7H,4-5,8H2,1H3,(H,20,27)(H,21,28). The molecule has 0 aliphatic carbocycles. The van der Waals surface area contributed by atoms with Crippen molar-refractivity contribution in [3.63, 3.8) is 0 Å². The summed E-state index contributed by atoms with van der Waals surface area (Å²) in [6, 6.07) is 5.78. The molecule has 0 aliphatic heterocycles. The van der Waals surface area contributed by atoms with Crippen LogP contribution < -0.4 is 10.6 Å². The van der Waals surface area contributed by atoms with Crippen LogP contribution in [0.5, 0.6) is 0 Å². The Morgan fingerprint density at radius 2 is 1.87 bits per heavy atom. The van der Waals surface area contributed by atoms with Crippen molar-refractivity contribution in [2.24, 2.45) is 0 Å². The van der Waals surface area contributed by atoms with Crippen LogP contribution >= 0.6 is 23.2 Å². The maximum Gasteiger partial charge on any atom is 0.390 e. The third-order valence-corrected chi connectivity index (χ3v) is 4.73. The number of carbonyl (C=O) groups is 2. The van der Waals surface area contributed by atoms with Gasteiger partial charge in [-0.3, -0.25) is 9.59 Å². The lowest BCUT2D eigenvalue weighted by atomic mass is 10.2. The Morgan fingerprint density at radius 1 is 1.16 bits per heavy atom. The largest absolute Gasteiger partial charge is 0.390 e. The summed E-state index contributed by atoms with van der Waals surface area (Å²) in [6.07, 6.45) is 0. The van der Waals surface area contributed by atoms with Gasteiger partial charge >= 0.3 is 17.6 Å². The summed E-state index contributed by atoms with van der Waals surface area (Å²) in [5.41, 5.74) is 0.858. The van der Waals surface area contributed by atoms with E-state index in [4.69, 9.17) is 27.7 Å². The molecule has 2 heterocycles. The fraction of sp³-hybridized carbons (Fsp3) is 0.235. The average molecular weight is 468 g/mol. The molecule has 0 aliphatic rings. The Labute approximate surface area is 184 Å². The molecule has 0 radical (unpaired) electrons. The molecule has 162 valence electrons. The molecule has 0 saturated carbocycles. The summed E-state index contributed by atoms with van der Waals surface area (Å²) in [7, 11) is 0. The first-order valence-electron chi connectivity index (χ1n) is 8.77. The van der Waals surface area contributed by atoms with Crippen LogP contribution in [0.1, 0.15) is 32.6 Å². The minimum absolute atomic E-state index is 0.00381. The van der Waals surface area contributed by atoms with E-state index in [-0.39, 0.29) is 48.1 Å². The molecule has 0 bridgehead atoms. The molecule has 0 atom stereocenters. The van der Waals surface area contributed by atoms with E-state index in [1.54, 1.807) is 6.92 Å². The van der Waals surface area contributed by atoms with Crippen LogP contribution in [-0.2, 0) is 6.54 Å². The van der Waals surface area contributed by atoms with E-state index in [0.29, 0.717) is 16.3 Å². The van der Waals surface area contributed by atoms with E-state index in [9.17, 15) is 19.7 Å². The normalized spacial score (nSPS) is 10.7. The van der Waals surface area contributed by atoms with Crippen molar-refractivity contribution >= 4 is 40.8 Å². The van der Waals surface area contributed by atoms with Gasteiger partial charge in [-0.15, -0.1) is 0 Å². The fourth-order valence-corrected chi connectivity index (χ4v) is 2.75. The van der Waals surface area contributed by atoms with Gasteiger partial charge in [0.2, 0.25) is 0 Å². The van der Waals surface area contributed by atoms with Gasteiger partial charge in [0, 0.05) is 18.7 Å². The first-order valence-corrected chi connectivity index (χ1v) is 9.53. The Bertz CT molecular complexity index is 1140. The van der Waals surface area contributed by atoms with E-state index in [0.717, 1.165) is 0 Å². The molecule has 12 nitrogen and oxygen atoms in total. The molecular weight excluding hydrogens is 453 g/mol. The van der Waals surface area contributed by atoms with Gasteiger partial charge in [0.25, 0.3) is 5.91 Å². The smallest absolute Gasteiger partial charge is 0.358 e. The van der Waals surface area contributed by atoms with Gasteiger partial charge in [0.15, 0.2) is 5.82 Å². The van der Waals surface area contributed by atoms with Gasteiger partial charge in [-0.2, -0.15) is 9.67 Å². The number of aromatic nitrogens is 4. The molecule has 0 saturated heterocycles. The maximum atomic E-state index is 12.1. The Kier molecular flexibility index (Phi) is 6.82. The Morgan fingerprint density at radius 3 is 2.52 bits per heavy atom. The van der Waals surface area contributed by atoms with Crippen molar-refractivity contribution in [1.29, 1.82) is 0 Å². The maximum absolute atomic E-state index is 12.1. The van der Waals surface area contributed by atoms with Crippen molar-refractivity contribution in [3.05, 3.63) is 67.4 Å². The lowest BCUT2D eigenvalue weighted by Crippen LogP contribution is -2.34. The number of benzene rings is 1. The SMILES string of the molecule is Cc1cc([N+](=O)[O-])nn1Cc1noc(C(=O)NCCNC(=O)c2ccc(Cl)c(Cl)c2)n1. The zero-order chi connectivity index (χ0) is 22.5. The van der Waals surface area contributed by atoms with Gasteiger partial charge in [-0.1, -0.05) is 28.4 Å². The number of amides is 2. The molecule has 2 aromatic heterocycles. The summed E-state index contributed by atoms with van der Waals surface area (Å²) in [4.78, 5) is 38.3. The second-order valence-corrected chi connectivity index (χ2v) is 7.03. The Balaban J connectivity index is 1.48. The number of hydrogen-bond donors (Lipinski definition) is 2. The summed E-state index contributed by atoms with van der Waals surface area (Å²) < 4.78 is 6.22. The third-order valence-electron chi connectivity index (χ3n) is 3.99. The second kappa shape index (κ2) is 9.53. The zero-order valence-corrected chi connectivity index (χ0v) is 17.5. The molecule has 0 spiro atoms. The molecule has 3 rings (SSSR count). The van der Waals surface area contributed by atoms with Crippen molar-refractivity contribution in [3.8, 4) is 0 Å². The molecule has 0 fully saturated rings. The monoisotopic (exact) mass is 467 g/mol. The van der Waals surface area contributed by atoms with Crippen molar-refractivity contribution < 1.29 is 19.0 Å². The number of carbonyl (C=O) groups excluding carboxylic acids is 2. The highest BCUT2D eigenvalue weighted by molar-refractivity contribution is 6.42. The summed E-state index contributed by atoms with van der Waals surface area (Å²) in [5.74, 6) is -1.48. The van der Waals surface area contributed by atoms with E-state index in [1.807, 2.05) is 0 Å². The van der Waals surface area contributed by atoms with Crippen LogP contribution in [-0.4, -0.2) is 49.7 Å². The van der Waals surface area contributed by atoms with Gasteiger partial charge in [0.1, 0.15) is 6.54 Å². The third kappa shape index (κ3) is 5.55. The minimum Gasteiger partial charge on any atom is -0.358 e. The van der Waals surface area contributed by atoms with E-state index in [2.05, 4.69) is 25.9 Å². The highest BCUT2D eigenvalue weighted by Gasteiger charge is 2.19. The second-order valence-electron chi connectivity index (χ2n) is 6.22. The van der Waals surface area contributed by atoms with Crippen molar-refractivity contribution in [2.45, 2.75) is 13.5 Å². The van der Waals surface area contributed by atoms with Crippen LogP contribution in [0, 0.1) is 17.0 Å². The van der Waals surface area contributed by atoms with Crippen molar-refractivity contribution in [1.82, 2.24) is 30.6 Å². The molecule has 3 aromatic rings. The molecule has 0 unspecified atom stereocenters. The first-order chi connectivity index (χ1) is 14.7. The summed E-state index contributed by atoms with van der Waals surface area (Å²) in [5, 5.41) is 24.0. The Hall–Kier alpha value is -3.51. The first kappa shape index (κ1) is 22.2. The minimum atomic E-state index is -0.634. The number of nitro groups is 1. The van der Waals surface area contributed by atoms with E-state index in [1.165, 1.54) is 28.9 Å². The van der Waals surface area contributed by atoms with Gasteiger partial charge < -0.3 is 25.3 Å². The predicted molar refractivity (Wildman–Crippen MR) is 108 cm³/mol. The lowest BCUT2D eigenvalue weighted by Gasteiger charge is -2.06. The topological polar surface area (TPSA) is 158 Å². The van der Waals surface area contributed by atoms with Crippen LogP contribution in [0.15, 0.2) is 28.8 Å². The van der Waals surface area contributed by atoms with Crippen LogP contribution in [0.4, 0.5) is 5.82 Å². The average Bonchev–Trinajstić information content (AvgIpc) is 3.34. The summed E-state index contributed by atoms with van der Waals surface area (Å²) >= 11 is 11.7. The molecule has 2 N–H and O–H groups in total. The van der Waals surface area contributed by atoms with Crippen LogP contribution in [0.25, 0.3) is 0 Å². The number of halogens is 2. The number of nitrogens with zero attached hydrogens (tertiary/aromatic N) is 5. The fourth-order valence-electron chi connectivity index (χ4n) is 2.45. The molecular formula is C17H15Cl2N7O5. The summed E-state index contributed by atoms with van der Waals surface area (Å²) in [6.45, 7) is 1.88. The number of hydrogen-bond acceptors (Lipinski definition) is 8. The molecule has 2 amide bonds. The highest BCUT2D eigenvalue weighted by atomic mass is 35.5. The zero-order valence-electron chi connectivity index (χ0n) is 16.0. The molecule has 1 aromatic carbocycles. The van der Waals surface area contributed by atoms with Crippen molar-refractivity contribution in [2.75, 3.05) is 13.1 Å². The van der Waals surface area contributed by atoms with Gasteiger partial charge in [-0.25, -0.2) is 0 Å². The number of nitrogens with one attached hydrogen (secondary N) is 2. The van der Waals surface area contributed by atoms with Gasteiger partial charge in [0.05, 0.1) is 26.9 Å². The predicted octanol–water partition coefficient (Wildman–Crippen LogP) is 2.00. The van der Waals surface area contributed by atoms with E-state index >= 15 is 0 Å². The van der Waals surface area contributed by atoms with E-state index < -0.39 is 10.8 Å². The van der Waals surface area contributed by atoms with Crippen LogP contribution in [0.2, 0.25) is 10.0 Å². The number of aryl methyl sites for hydroxylation is 1. The quantitative estimate of drug-likeness (QED) is 0.289. The lowest BCUT2D eigenvalue weighted by molar-refractivity contribution is -0.389. The number of rotatable bonds is 8. The molecule has 31 heavy (non-hydrogen) atoms.